The van der Waals surface area contributed by atoms with Crippen LogP contribution in [0.1, 0.15) is 5.56 Å². The fraction of sp³-hybridized carbons (Fsp3) is 0.0667. The van der Waals surface area contributed by atoms with Gasteiger partial charge in [0.25, 0.3) is 5.89 Å². The van der Waals surface area contributed by atoms with Crippen molar-refractivity contribution in [3.63, 3.8) is 0 Å². The minimum absolute atomic E-state index is 0.303. The van der Waals surface area contributed by atoms with Gasteiger partial charge in [0.1, 0.15) is 5.82 Å². The van der Waals surface area contributed by atoms with Crippen LogP contribution in [-0.4, -0.2) is 10.1 Å². The van der Waals surface area contributed by atoms with Crippen LogP contribution in [-0.2, 0) is 0 Å². The molecular weight excluding hydrogens is 337 g/mol. The van der Waals surface area contributed by atoms with Gasteiger partial charge in [-0.05, 0) is 37.3 Å². The maximum absolute atomic E-state index is 13.4. The Kier molecular flexibility index (Phi) is 3.47. The van der Waals surface area contributed by atoms with Crippen LogP contribution in [0.4, 0.5) is 10.1 Å². The summed E-state index contributed by atoms with van der Waals surface area (Å²) in [6.07, 6.45) is 0. The molecule has 0 aliphatic heterocycles. The average molecular weight is 348 g/mol. The summed E-state index contributed by atoms with van der Waals surface area (Å²) >= 11 is 3.35. The number of hydrogen-bond acceptors (Lipinski definition) is 4. The topological polar surface area (TPSA) is 64.9 Å². The molecule has 0 spiro atoms. The molecule has 21 heavy (non-hydrogen) atoms. The lowest BCUT2D eigenvalue weighted by Crippen LogP contribution is -1.91. The van der Waals surface area contributed by atoms with Gasteiger partial charge < -0.3 is 10.3 Å². The van der Waals surface area contributed by atoms with Crippen molar-refractivity contribution < 1.29 is 8.91 Å². The summed E-state index contributed by atoms with van der Waals surface area (Å²) in [5.74, 6) is 0.245. The van der Waals surface area contributed by atoms with E-state index in [4.69, 9.17) is 10.3 Å². The predicted molar refractivity (Wildman–Crippen MR) is 82.0 cm³/mol. The number of rotatable bonds is 2. The van der Waals surface area contributed by atoms with Gasteiger partial charge in [-0.1, -0.05) is 32.7 Å². The molecule has 2 N–H and O–H groups in total. The van der Waals surface area contributed by atoms with Crippen LogP contribution in [0.25, 0.3) is 22.8 Å². The van der Waals surface area contributed by atoms with E-state index in [2.05, 4.69) is 26.1 Å². The number of nitrogens with zero attached hydrogens (tertiary/aromatic N) is 2. The van der Waals surface area contributed by atoms with Gasteiger partial charge in [-0.15, -0.1) is 0 Å². The Bertz CT molecular complexity index is 750. The normalized spacial score (nSPS) is 10.8. The van der Waals surface area contributed by atoms with Gasteiger partial charge in [0.05, 0.1) is 5.56 Å². The maximum Gasteiger partial charge on any atom is 0.260 e. The summed E-state index contributed by atoms with van der Waals surface area (Å²) in [5, 5.41) is 3.90. The number of aromatic nitrogens is 2. The molecule has 3 aromatic rings. The average Bonchev–Trinajstić information content (AvgIpc) is 2.93. The highest BCUT2D eigenvalue weighted by molar-refractivity contribution is 9.10. The molecule has 0 fully saturated rings. The second-order valence-corrected chi connectivity index (χ2v) is 5.49. The van der Waals surface area contributed by atoms with Crippen LogP contribution in [0, 0.1) is 12.7 Å². The van der Waals surface area contributed by atoms with E-state index in [-0.39, 0.29) is 5.82 Å². The lowest BCUT2D eigenvalue weighted by atomic mass is 10.1. The zero-order chi connectivity index (χ0) is 15.0. The smallest absolute Gasteiger partial charge is 0.260 e. The Morgan fingerprint density at radius 2 is 1.95 bits per heavy atom. The van der Waals surface area contributed by atoms with Gasteiger partial charge >= 0.3 is 0 Å². The van der Waals surface area contributed by atoms with Crippen molar-refractivity contribution in [2.24, 2.45) is 0 Å². The standard InChI is InChI=1S/C15H11BrFN3O/c1-8-2-5-13(18)11(6-8)15-19-14(20-21-15)10-7-9(17)3-4-12(10)16/h2-7H,18H2,1H3. The largest absolute Gasteiger partial charge is 0.398 e. The van der Waals surface area contributed by atoms with Gasteiger partial charge in [0.2, 0.25) is 5.82 Å². The van der Waals surface area contributed by atoms with E-state index < -0.39 is 0 Å². The van der Waals surface area contributed by atoms with Crippen molar-refractivity contribution in [2.45, 2.75) is 6.92 Å². The fourth-order valence-electron chi connectivity index (χ4n) is 1.97. The van der Waals surface area contributed by atoms with Crippen molar-refractivity contribution in [3.05, 3.63) is 52.3 Å². The monoisotopic (exact) mass is 347 g/mol. The van der Waals surface area contributed by atoms with Crippen LogP contribution < -0.4 is 5.73 Å². The summed E-state index contributed by atoms with van der Waals surface area (Å²) in [6.45, 7) is 1.95. The second kappa shape index (κ2) is 5.29. The van der Waals surface area contributed by atoms with E-state index in [0.29, 0.717) is 33.0 Å². The minimum Gasteiger partial charge on any atom is -0.398 e. The van der Waals surface area contributed by atoms with Gasteiger partial charge in [-0.2, -0.15) is 4.98 Å². The highest BCUT2D eigenvalue weighted by Crippen LogP contribution is 2.31. The van der Waals surface area contributed by atoms with Crippen molar-refractivity contribution >= 4 is 21.6 Å². The highest BCUT2D eigenvalue weighted by Gasteiger charge is 2.15. The fourth-order valence-corrected chi connectivity index (χ4v) is 2.39. The molecule has 0 aliphatic rings. The molecule has 1 aromatic heterocycles. The summed E-state index contributed by atoms with van der Waals surface area (Å²) in [7, 11) is 0. The molecule has 2 aromatic carbocycles. The molecule has 0 aliphatic carbocycles. The number of benzene rings is 2. The van der Waals surface area contributed by atoms with E-state index in [1.165, 1.54) is 12.1 Å². The van der Waals surface area contributed by atoms with Crippen molar-refractivity contribution in [1.29, 1.82) is 0 Å². The van der Waals surface area contributed by atoms with E-state index in [1.807, 2.05) is 19.1 Å². The van der Waals surface area contributed by atoms with Gasteiger partial charge in [-0.25, -0.2) is 4.39 Å². The molecule has 3 rings (SSSR count). The number of aryl methyl sites for hydroxylation is 1. The summed E-state index contributed by atoms with van der Waals surface area (Å²) < 4.78 is 19.3. The third-order valence-corrected chi connectivity index (χ3v) is 3.73. The zero-order valence-electron chi connectivity index (χ0n) is 11.1. The molecular formula is C15H11BrFN3O. The molecule has 0 saturated carbocycles. The van der Waals surface area contributed by atoms with Crippen LogP contribution in [0.5, 0.6) is 0 Å². The Labute approximate surface area is 128 Å². The maximum atomic E-state index is 13.4. The Morgan fingerprint density at radius 3 is 2.76 bits per heavy atom. The van der Waals surface area contributed by atoms with E-state index in [9.17, 15) is 4.39 Å². The van der Waals surface area contributed by atoms with Crippen LogP contribution in [0.2, 0.25) is 0 Å². The molecule has 106 valence electrons. The number of halogens is 2. The van der Waals surface area contributed by atoms with Crippen LogP contribution in [0.15, 0.2) is 45.4 Å². The van der Waals surface area contributed by atoms with Crippen molar-refractivity contribution in [2.75, 3.05) is 5.73 Å². The molecule has 0 radical (unpaired) electrons. The van der Waals surface area contributed by atoms with Crippen molar-refractivity contribution in [1.82, 2.24) is 10.1 Å². The minimum atomic E-state index is -0.366. The first-order valence-corrected chi connectivity index (χ1v) is 6.99. The Morgan fingerprint density at radius 1 is 1.14 bits per heavy atom. The summed E-state index contributed by atoms with van der Waals surface area (Å²) in [4.78, 5) is 4.30. The van der Waals surface area contributed by atoms with Gasteiger partial charge in [0, 0.05) is 15.7 Å². The molecule has 0 amide bonds. The molecule has 0 saturated heterocycles. The number of anilines is 1. The Hall–Kier alpha value is -2.21. The van der Waals surface area contributed by atoms with Gasteiger partial charge in [0.15, 0.2) is 0 Å². The number of nitrogen functional groups attached to an aromatic ring is 1. The molecule has 0 bridgehead atoms. The van der Waals surface area contributed by atoms with Gasteiger partial charge in [-0.3, -0.25) is 0 Å². The first-order valence-electron chi connectivity index (χ1n) is 6.20. The molecule has 4 nitrogen and oxygen atoms in total. The predicted octanol–water partition coefficient (Wildman–Crippen LogP) is 4.20. The number of nitrogens with two attached hydrogens (primary N) is 1. The zero-order valence-corrected chi connectivity index (χ0v) is 12.7. The quantitative estimate of drug-likeness (QED) is 0.705. The van der Waals surface area contributed by atoms with E-state index >= 15 is 0 Å². The lowest BCUT2D eigenvalue weighted by Gasteiger charge is -2.01. The molecule has 6 heteroatoms. The van der Waals surface area contributed by atoms with E-state index in [0.717, 1.165) is 5.56 Å². The third-order valence-electron chi connectivity index (χ3n) is 3.03. The Balaban J connectivity index is 2.08. The third kappa shape index (κ3) is 2.67. The molecule has 1 heterocycles. The highest BCUT2D eigenvalue weighted by atomic mass is 79.9. The van der Waals surface area contributed by atoms with Crippen LogP contribution >= 0.6 is 15.9 Å². The lowest BCUT2D eigenvalue weighted by molar-refractivity contribution is 0.432. The summed E-state index contributed by atoms with van der Waals surface area (Å²) in [5.41, 5.74) is 8.70. The van der Waals surface area contributed by atoms with Crippen molar-refractivity contribution in [3.8, 4) is 22.8 Å². The number of hydrogen-bond donors (Lipinski definition) is 1. The van der Waals surface area contributed by atoms with Crippen LogP contribution in [0.3, 0.4) is 0 Å². The molecule has 0 atom stereocenters. The first kappa shape index (κ1) is 13.8. The van der Waals surface area contributed by atoms with E-state index in [1.54, 1.807) is 12.1 Å². The summed E-state index contributed by atoms with van der Waals surface area (Å²) in [6, 6.07) is 9.85. The second-order valence-electron chi connectivity index (χ2n) is 4.64. The SMILES string of the molecule is Cc1ccc(N)c(-c2nc(-c3cc(F)ccc3Br)no2)c1. The molecule has 0 unspecified atom stereocenters. The first-order chi connectivity index (χ1) is 10.0.